The number of nitrogens with zero attached hydrogens (tertiary/aromatic N) is 5. The zero-order chi connectivity index (χ0) is 19.8. The summed E-state index contributed by atoms with van der Waals surface area (Å²) in [4.78, 5) is 11.5. The Labute approximate surface area is 166 Å². The molecule has 3 heterocycles. The van der Waals surface area contributed by atoms with Crippen LogP contribution in [0, 0.1) is 0 Å². The molecule has 0 amide bonds. The highest BCUT2D eigenvalue weighted by molar-refractivity contribution is 5.80. The molecule has 2 aromatic heterocycles. The standard InChI is InChI=1S/C20H30N6O2/c1-4-21-20(26-9-7-17(15-26)18-13-24-25(2)14-18)23-12-16-6-5-8-22-19(16)28-11-10-27-3/h5-6,8,13-14,17H,4,7,9-12,15H2,1-3H3,(H,21,23). The van der Waals surface area contributed by atoms with E-state index in [-0.39, 0.29) is 0 Å². The number of aliphatic imine (C=N–C) groups is 1. The number of rotatable bonds is 8. The van der Waals surface area contributed by atoms with Crippen LogP contribution in [0.1, 0.15) is 30.4 Å². The maximum atomic E-state index is 5.72. The number of methoxy groups -OCH3 is 1. The van der Waals surface area contributed by atoms with Crippen molar-refractivity contribution in [1.29, 1.82) is 0 Å². The van der Waals surface area contributed by atoms with E-state index in [0.29, 0.717) is 31.6 Å². The SMILES string of the molecule is CCNC(=NCc1cccnc1OCCOC)N1CCC(c2cnn(C)c2)C1. The minimum atomic E-state index is 0.475. The monoisotopic (exact) mass is 386 g/mol. The van der Waals surface area contributed by atoms with E-state index in [2.05, 4.69) is 33.4 Å². The Morgan fingerprint density at radius 3 is 3.04 bits per heavy atom. The van der Waals surface area contributed by atoms with E-state index >= 15 is 0 Å². The fraction of sp³-hybridized carbons (Fsp3) is 0.550. The Morgan fingerprint density at radius 1 is 1.39 bits per heavy atom. The van der Waals surface area contributed by atoms with Gasteiger partial charge >= 0.3 is 0 Å². The quantitative estimate of drug-likeness (QED) is 0.423. The summed E-state index contributed by atoms with van der Waals surface area (Å²) < 4.78 is 12.6. The van der Waals surface area contributed by atoms with Crippen molar-refractivity contribution in [3.05, 3.63) is 41.9 Å². The fourth-order valence-electron chi connectivity index (χ4n) is 3.36. The molecule has 1 unspecified atom stereocenters. The molecule has 0 radical (unpaired) electrons. The summed E-state index contributed by atoms with van der Waals surface area (Å²) in [5.74, 6) is 2.04. The number of aryl methyl sites for hydroxylation is 1. The first-order valence-electron chi connectivity index (χ1n) is 9.78. The maximum Gasteiger partial charge on any atom is 0.218 e. The minimum Gasteiger partial charge on any atom is -0.475 e. The maximum absolute atomic E-state index is 5.72. The highest BCUT2D eigenvalue weighted by atomic mass is 16.5. The highest BCUT2D eigenvalue weighted by Gasteiger charge is 2.26. The molecule has 28 heavy (non-hydrogen) atoms. The topological polar surface area (TPSA) is 76.8 Å². The van der Waals surface area contributed by atoms with Gasteiger partial charge in [-0.1, -0.05) is 6.07 Å². The molecular formula is C20H30N6O2. The molecule has 0 saturated carbocycles. The van der Waals surface area contributed by atoms with Crippen LogP contribution in [-0.4, -0.2) is 65.6 Å². The normalized spacial score (nSPS) is 17.2. The van der Waals surface area contributed by atoms with E-state index in [4.69, 9.17) is 14.5 Å². The fourth-order valence-corrected chi connectivity index (χ4v) is 3.36. The summed E-state index contributed by atoms with van der Waals surface area (Å²) >= 11 is 0. The Bertz CT molecular complexity index is 776. The average Bonchev–Trinajstić information content (AvgIpc) is 3.35. The predicted octanol–water partition coefficient (Wildman–Crippen LogP) is 1.80. The summed E-state index contributed by atoms with van der Waals surface area (Å²) in [5.41, 5.74) is 2.26. The summed E-state index contributed by atoms with van der Waals surface area (Å²) in [6.45, 7) is 6.38. The van der Waals surface area contributed by atoms with Gasteiger partial charge in [-0.2, -0.15) is 5.10 Å². The molecule has 1 aliphatic heterocycles. The molecule has 1 aliphatic rings. The summed E-state index contributed by atoms with van der Waals surface area (Å²) in [7, 11) is 3.62. The molecule has 1 saturated heterocycles. The molecule has 0 spiro atoms. The van der Waals surface area contributed by atoms with Crippen molar-refractivity contribution < 1.29 is 9.47 Å². The summed E-state index contributed by atoms with van der Waals surface area (Å²) in [6.07, 6.45) is 6.92. The number of nitrogens with one attached hydrogen (secondary N) is 1. The van der Waals surface area contributed by atoms with E-state index in [9.17, 15) is 0 Å². The van der Waals surface area contributed by atoms with Crippen molar-refractivity contribution >= 4 is 5.96 Å². The lowest BCUT2D eigenvalue weighted by Crippen LogP contribution is -2.40. The molecule has 0 aromatic carbocycles. The van der Waals surface area contributed by atoms with E-state index in [0.717, 1.165) is 37.6 Å². The van der Waals surface area contributed by atoms with Crippen LogP contribution in [0.5, 0.6) is 5.88 Å². The van der Waals surface area contributed by atoms with Crippen molar-refractivity contribution in [2.45, 2.75) is 25.8 Å². The van der Waals surface area contributed by atoms with Gasteiger partial charge in [0.1, 0.15) is 6.61 Å². The second kappa shape index (κ2) is 10.1. The molecule has 3 rings (SSSR count). The molecule has 0 bridgehead atoms. The average molecular weight is 387 g/mol. The second-order valence-corrected chi connectivity index (χ2v) is 6.86. The van der Waals surface area contributed by atoms with Gasteiger partial charge in [0.15, 0.2) is 5.96 Å². The van der Waals surface area contributed by atoms with Gasteiger partial charge in [-0.15, -0.1) is 0 Å². The van der Waals surface area contributed by atoms with Crippen LogP contribution in [0.3, 0.4) is 0 Å². The molecule has 8 heteroatoms. The lowest BCUT2D eigenvalue weighted by Gasteiger charge is -2.21. The van der Waals surface area contributed by atoms with Crippen molar-refractivity contribution in [3.8, 4) is 5.88 Å². The molecular weight excluding hydrogens is 356 g/mol. The van der Waals surface area contributed by atoms with E-state index in [1.807, 2.05) is 30.1 Å². The number of hydrogen-bond donors (Lipinski definition) is 1. The van der Waals surface area contributed by atoms with Crippen molar-refractivity contribution in [3.63, 3.8) is 0 Å². The van der Waals surface area contributed by atoms with Crippen LogP contribution in [0.15, 0.2) is 35.7 Å². The van der Waals surface area contributed by atoms with Gasteiger partial charge in [-0.05, 0) is 25.0 Å². The number of guanidine groups is 1. The lowest BCUT2D eigenvalue weighted by molar-refractivity contribution is 0.143. The third-order valence-corrected chi connectivity index (χ3v) is 4.79. The van der Waals surface area contributed by atoms with Gasteiger partial charge in [0.25, 0.3) is 0 Å². The van der Waals surface area contributed by atoms with Gasteiger partial charge in [0.05, 0.1) is 19.3 Å². The predicted molar refractivity (Wildman–Crippen MR) is 109 cm³/mol. The van der Waals surface area contributed by atoms with E-state index in [1.165, 1.54) is 5.56 Å². The Morgan fingerprint density at radius 2 is 2.29 bits per heavy atom. The smallest absolute Gasteiger partial charge is 0.218 e. The zero-order valence-electron chi connectivity index (χ0n) is 17.0. The lowest BCUT2D eigenvalue weighted by atomic mass is 10.0. The van der Waals surface area contributed by atoms with Gasteiger partial charge < -0.3 is 19.7 Å². The van der Waals surface area contributed by atoms with E-state index < -0.39 is 0 Å². The number of hydrogen-bond acceptors (Lipinski definition) is 5. The molecule has 1 fully saturated rings. The Hall–Kier alpha value is -2.61. The molecule has 152 valence electrons. The molecule has 1 N–H and O–H groups in total. The number of likely N-dealkylation sites (tertiary alicyclic amines) is 1. The van der Waals surface area contributed by atoms with Crippen LogP contribution >= 0.6 is 0 Å². The minimum absolute atomic E-state index is 0.475. The van der Waals surface area contributed by atoms with Crippen LogP contribution in [0.25, 0.3) is 0 Å². The third-order valence-electron chi connectivity index (χ3n) is 4.79. The number of aromatic nitrogens is 3. The second-order valence-electron chi connectivity index (χ2n) is 6.86. The Kier molecular flexibility index (Phi) is 7.25. The van der Waals surface area contributed by atoms with Gasteiger partial charge in [0.2, 0.25) is 5.88 Å². The van der Waals surface area contributed by atoms with Gasteiger partial charge in [-0.3, -0.25) is 4.68 Å². The number of ether oxygens (including phenoxy) is 2. The first kappa shape index (κ1) is 20.1. The first-order valence-corrected chi connectivity index (χ1v) is 9.78. The molecule has 1 atom stereocenters. The highest BCUT2D eigenvalue weighted by Crippen LogP contribution is 2.27. The van der Waals surface area contributed by atoms with Crippen LogP contribution in [0.2, 0.25) is 0 Å². The third kappa shape index (κ3) is 5.22. The number of pyridine rings is 1. The van der Waals surface area contributed by atoms with Crippen molar-refractivity contribution in [1.82, 2.24) is 25.0 Å². The van der Waals surface area contributed by atoms with Gasteiger partial charge in [-0.25, -0.2) is 9.98 Å². The molecule has 8 nitrogen and oxygen atoms in total. The molecule has 2 aromatic rings. The summed E-state index contributed by atoms with van der Waals surface area (Å²) in [5, 5.41) is 7.72. The Balaban J connectivity index is 1.66. The van der Waals surface area contributed by atoms with Crippen LogP contribution in [-0.2, 0) is 18.3 Å². The van der Waals surface area contributed by atoms with Crippen LogP contribution in [0.4, 0.5) is 0 Å². The largest absolute Gasteiger partial charge is 0.475 e. The van der Waals surface area contributed by atoms with E-state index in [1.54, 1.807) is 13.3 Å². The zero-order valence-corrected chi connectivity index (χ0v) is 17.0. The first-order chi connectivity index (χ1) is 13.7. The van der Waals surface area contributed by atoms with Gasteiger partial charge in [0, 0.05) is 57.7 Å². The molecule has 0 aliphatic carbocycles. The van der Waals surface area contributed by atoms with Crippen molar-refractivity contribution in [2.75, 3.05) is 40.0 Å². The summed E-state index contributed by atoms with van der Waals surface area (Å²) in [6, 6.07) is 3.92. The van der Waals surface area contributed by atoms with Crippen LogP contribution < -0.4 is 10.1 Å². The van der Waals surface area contributed by atoms with Crippen molar-refractivity contribution in [2.24, 2.45) is 12.0 Å².